The fourth-order valence-corrected chi connectivity index (χ4v) is 2.63. The third-order valence-electron chi connectivity index (χ3n) is 3.41. The minimum Gasteiger partial charge on any atom is -0.364 e. The summed E-state index contributed by atoms with van der Waals surface area (Å²) in [7, 11) is 0. The van der Waals surface area contributed by atoms with Crippen LogP contribution >= 0.6 is 15.9 Å². The first-order valence-corrected chi connectivity index (χ1v) is 7.15. The molecule has 7 heteroatoms. The first kappa shape index (κ1) is 14.2. The molecule has 0 radical (unpaired) electrons. The third-order valence-corrected chi connectivity index (χ3v) is 3.84. The molecule has 0 amide bonds. The molecule has 0 aliphatic carbocycles. The number of nitrogens with one attached hydrogen (secondary N) is 1. The van der Waals surface area contributed by atoms with Crippen LogP contribution in [0.1, 0.15) is 13.3 Å². The van der Waals surface area contributed by atoms with Gasteiger partial charge in [-0.05, 0) is 41.4 Å². The fraction of sp³-hybridized carbons (Fsp3) is 0.583. The van der Waals surface area contributed by atoms with Gasteiger partial charge in [-0.15, -0.1) is 0 Å². The van der Waals surface area contributed by atoms with Crippen LogP contribution in [-0.4, -0.2) is 41.0 Å². The van der Waals surface area contributed by atoms with Crippen LogP contribution in [0.5, 0.6) is 0 Å². The van der Waals surface area contributed by atoms with E-state index < -0.39 is 4.92 Å². The van der Waals surface area contributed by atoms with Crippen LogP contribution in [0.3, 0.4) is 0 Å². The number of pyridine rings is 1. The van der Waals surface area contributed by atoms with Gasteiger partial charge in [-0.2, -0.15) is 0 Å². The number of rotatable bonds is 5. The van der Waals surface area contributed by atoms with Gasteiger partial charge < -0.3 is 10.2 Å². The Hall–Kier alpha value is -1.21. The van der Waals surface area contributed by atoms with Crippen molar-refractivity contribution in [2.24, 2.45) is 5.92 Å². The zero-order valence-corrected chi connectivity index (χ0v) is 12.4. The summed E-state index contributed by atoms with van der Waals surface area (Å²) < 4.78 is 0.614. The van der Waals surface area contributed by atoms with Gasteiger partial charge in [-0.3, -0.25) is 10.1 Å². The second-order valence-corrected chi connectivity index (χ2v) is 5.62. The van der Waals surface area contributed by atoms with Crippen LogP contribution in [-0.2, 0) is 0 Å². The molecule has 0 aromatic carbocycles. The molecule has 6 nitrogen and oxygen atoms in total. The number of nitrogens with zero attached hydrogens (tertiary/aromatic N) is 3. The normalized spacial score (nSPS) is 19.6. The van der Waals surface area contributed by atoms with E-state index in [2.05, 4.69) is 38.1 Å². The highest BCUT2D eigenvalue weighted by molar-refractivity contribution is 9.10. The minimum absolute atomic E-state index is 0.0136. The van der Waals surface area contributed by atoms with Crippen LogP contribution in [0, 0.1) is 16.0 Å². The summed E-state index contributed by atoms with van der Waals surface area (Å²) in [4.78, 5) is 17.0. The Morgan fingerprint density at radius 2 is 2.47 bits per heavy atom. The second kappa shape index (κ2) is 6.29. The van der Waals surface area contributed by atoms with Gasteiger partial charge in [-0.25, -0.2) is 4.98 Å². The van der Waals surface area contributed by atoms with E-state index in [9.17, 15) is 10.1 Å². The molecule has 0 saturated carbocycles. The Kier molecular flexibility index (Phi) is 4.71. The van der Waals surface area contributed by atoms with Gasteiger partial charge in [0.2, 0.25) is 5.82 Å². The first-order valence-electron chi connectivity index (χ1n) is 6.36. The van der Waals surface area contributed by atoms with E-state index in [4.69, 9.17) is 0 Å². The zero-order chi connectivity index (χ0) is 13.8. The summed E-state index contributed by atoms with van der Waals surface area (Å²) in [5.41, 5.74) is 0.0136. The molecule has 2 rings (SSSR count). The predicted octanol–water partition coefficient (Wildman–Crippen LogP) is 2.51. The van der Waals surface area contributed by atoms with Crippen molar-refractivity contribution in [2.45, 2.75) is 13.3 Å². The molecule has 1 aromatic heterocycles. The molecule has 2 heterocycles. The monoisotopic (exact) mass is 328 g/mol. The maximum absolute atomic E-state index is 11.0. The summed E-state index contributed by atoms with van der Waals surface area (Å²) in [6.45, 7) is 6.10. The highest BCUT2D eigenvalue weighted by Crippen LogP contribution is 2.26. The minimum atomic E-state index is -0.410. The number of anilines is 1. The molecule has 0 bridgehead atoms. The Balaban J connectivity index is 1.98. The second-order valence-electron chi connectivity index (χ2n) is 4.71. The summed E-state index contributed by atoms with van der Waals surface area (Å²) in [6, 6.07) is 1.47. The molecule has 1 unspecified atom stereocenters. The maximum Gasteiger partial charge on any atom is 0.312 e. The van der Waals surface area contributed by atoms with Crippen molar-refractivity contribution in [2.75, 3.05) is 31.5 Å². The van der Waals surface area contributed by atoms with Crippen molar-refractivity contribution >= 4 is 27.4 Å². The number of halogens is 1. The molecule has 1 aromatic rings. The van der Waals surface area contributed by atoms with E-state index in [-0.39, 0.29) is 5.69 Å². The molecule has 1 aliphatic heterocycles. The largest absolute Gasteiger partial charge is 0.364 e. The lowest BCUT2D eigenvalue weighted by molar-refractivity contribution is -0.384. The van der Waals surface area contributed by atoms with E-state index in [1.54, 1.807) is 6.20 Å². The lowest BCUT2D eigenvalue weighted by atomic mass is 10.1. The van der Waals surface area contributed by atoms with Crippen LogP contribution in [0.4, 0.5) is 11.5 Å². The molecule has 104 valence electrons. The van der Waals surface area contributed by atoms with E-state index in [0.29, 0.717) is 16.2 Å². The topological polar surface area (TPSA) is 71.3 Å². The van der Waals surface area contributed by atoms with Gasteiger partial charge in [0.05, 0.1) is 4.92 Å². The van der Waals surface area contributed by atoms with Gasteiger partial charge in [0, 0.05) is 29.8 Å². The lowest BCUT2D eigenvalue weighted by Gasteiger charge is -2.14. The molecular weight excluding hydrogens is 312 g/mol. The van der Waals surface area contributed by atoms with Crippen LogP contribution < -0.4 is 5.32 Å². The molecule has 0 spiro atoms. The van der Waals surface area contributed by atoms with Gasteiger partial charge in [0.15, 0.2) is 0 Å². The smallest absolute Gasteiger partial charge is 0.312 e. The van der Waals surface area contributed by atoms with E-state index >= 15 is 0 Å². The number of hydrogen-bond acceptors (Lipinski definition) is 5. The fourth-order valence-electron chi connectivity index (χ4n) is 2.31. The van der Waals surface area contributed by atoms with Gasteiger partial charge in [-0.1, -0.05) is 6.92 Å². The molecule has 1 atom stereocenters. The van der Waals surface area contributed by atoms with Crippen LogP contribution in [0.25, 0.3) is 0 Å². The summed E-state index contributed by atoms with van der Waals surface area (Å²) >= 11 is 3.20. The third kappa shape index (κ3) is 3.63. The van der Waals surface area contributed by atoms with Gasteiger partial charge in [0.25, 0.3) is 0 Å². The first-order chi connectivity index (χ1) is 9.10. The van der Waals surface area contributed by atoms with Crippen molar-refractivity contribution in [1.29, 1.82) is 0 Å². The van der Waals surface area contributed by atoms with Crippen molar-refractivity contribution in [1.82, 2.24) is 9.88 Å². The Morgan fingerprint density at radius 3 is 3.11 bits per heavy atom. The highest BCUT2D eigenvalue weighted by Gasteiger charge is 2.22. The number of hydrogen-bond donors (Lipinski definition) is 1. The van der Waals surface area contributed by atoms with Crippen LogP contribution in [0.15, 0.2) is 16.7 Å². The van der Waals surface area contributed by atoms with E-state index in [1.165, 1.54) is 6.07 Å². The molecule has 19 heavy (non-hydrogen) atoms. The maximum atomic E-state index is 11.0. The number of aromatic nitrogens is 1. The van der Waals surface area contributed by atoms with Crippen molar-refractivity contribution in [3.8, 4) is 0 Å². The summed E-state index contributed by atoms with van der Waals surface area (Å²) in [6.07, 6.45) is 2.70. The van der Waals surface area contributed by atoms with Gasteiger partial charge >= 0.3 is 5.69 Å². The Morgan fingerprint density at radius 1 is 1.68 bits per heavy atom. The quantitative estimate of drug-likeness (QED) is 0.664. The Bertz CT molecular complexity index is 469. The molecular formula is C12H17BrN4O2. The predicted molar refractivity (Wildman–Crippen MR) is 77.3 cm³/mol. The SMILES string of the molecule is CCN1CCC(CNc2ncc(Br)cc2[N+](=O)[O-])C1. The van der Waals surface area contributed by atoms with Gasteiger partial charge in [0.1, 0.15) is 0 Å². The molecule has 1 N–H and O–H groups in total. The number of nitro groups is 1. The van der Waals surface area contributed by atoms with E-state index in [0.717, 1.165) is 32.6 Å². The average Bonchev–Trinajstić information content (AvgIpc) is 2.85. The number of likely N-dealkylation sites (tertiary alicyclic amines) is 1. The average molecular weight is 329 g/mol. The summed E-state index contributed by atoms with van der Waals surface area (Å²) in [5.74, 6) is 0.883. The molecule has 1 aliphatic rings. The molecule has 1 fully saturated rings. The highest BCUT2D eigenvalue weighted by atomic mass is 79.9. The summed E-state index contributed by atoms with van der Waals surface area (Å²) in [5, 5.41) is 14.1. The standard InChI is InChI=1S/C12H17BrN4O2/c1-2-16-4-3-9(8-16)6-14-12-11(17(18)19)5-10(13)7-15-12/h5,7,9H,2-4,6,8H2,1H3,(H,14,15). The zero-order valence-electron chi connectivity index (χ0n) is 10.8. The molecule has 1 saturated heterocycles. The Labute approximate surface area is 120 Å². The van der Waals surface area contributed by atoms with Crippen LogP contribution in [0.2, 0.25) is 0 Å². The lowest BCUT2D eigenvalue weighted by Crippen LogP contribution is -2.22. The van der Waals surface area contributed by atoms with Crippen molar-refractivity contribution < 1.29 is 4.92 Å². The van der Waals surface area contributed by atoms with E-state index in [1.807, 2.05) is 0 Å². The van der Waals surface area contributed by atoms with Crippen molar-refractivity contribution in [3.05, 3.63) is 26.9 Å². The van der Waals surface area contributed by atoms with Crippen molar-refractivity contribution in [3.63, 3.8) is 0 Å².